The Labute approximate surface area is 226 Å². The van der Waals surface area contributed by atoms with Crippen LogP contribution in [0.1, 0.15) is 21.7 Å². The highest BCUT2D eigenvalue weighted by Crippen LogP contribution is 2.34. The number of fused-ring (bicyclic) bond motifs is 1. The summed E-state index contributed by atoms with van der Waals surface area (Å²) >= 11 is 12.2. The number of allylic oxidation sites excluding steroid dienone is 2. The summed E-state index contributed by atoms with van der Waals surface area (Å²) in [5.74, 6) is -1.32. The number of nitrogens with one attached hydrogen (secondary N) is 2. The molecule has 13 heteroatoms. The molecular formula is C24H21Cl3F3N5O2. The van der Waals surface area contributed by atoms with Crippen LogP contribution in [-0.2, 0) is 17.4 Å². The van der Waals surface area contributed by atoms with E-state index in [9.17, 15) is 22.8 Å². The Morgan fingerprint density at radius 2 is 1.84 bits per heavy atom. The minimum atomic E-state index is -4.83. The van der Waals surface area contributed by atoms with Crippen molar-refractivity contribution in [3.63, 3.8) is 0 Å². The Morgan fingerprint density at radius 3 is 2.49 bits per heavy atom. The van der Waals surface area contributed by atoms with Gasteiger partial charge < -0.3 is 19.9 Å². The number of pyridine rings is 1. The lowest BCUT2D eigenvalue weighted by Gasteiger charge is -2.23. The smallest absolute Gasteiger partial charge is 0.373 e. The monoisotopic (exact) mass is 573 g/mol. The van der Waals surface area contributed by atoms with Gasteiger partial charge in [-0.1, -0.05) is 41.4 Å². The zero-order chi connectivity index (χ0) is 26.0. The molecule has 0 atom stereocenters. The van der Waals surface area contributed by atoms with Crippen molar-refractivity contribution in [1.82, 2.24) is 19.6 Å². The molecule has 1 aliphatic heterocycles. The average molecular weight is 575 g/mol. The van der Waals surface area contributed by atoms with E-state index in [0.29, 0.717) is 6.54 Å². The topological polar surface area (TPSA) is 78.7 Å². The van der Waals surface area contributed by atoms with E-state index in [-0.39, 0.29) is 51.6 Å². The van der Waals surface area contributed by atoms with Crippen molar-refractivity contribution >= 4 is 58.8 Å². The third-order valence-electron chi connectivity index (χ3n) is 5.54. The maximum atomic E-state index is 13.9. The Morgan fingerprint density at radius 1 is 1.14 bits per heavy atom. The van der Waals surface area contributed by atoms with Crippen LogP contribution in [0.5, 0.6) is 0 Å². The Hall–Kier alpha value is -3.21. The highest BCUT2D eigenvalue weighted by atomic mass is 35.5. The van der Waals surface area contributed by atoms with E-state index >= 15 is 0 Å². The molecule has 0 radical (unpaired) electrons. The normalized spacial score (nSPS) is 13.2. The van der Waals surface area contributed by atoms with Crippen molar-refractivity contribution in [2.24, 2.45) is 0 Å². The van der Waals surface area contributed by atoms with Gasteiger partial charge in [0.05, 0.1) is 40.0 Å². The van der Waals surface area contributed by atoms with Crippen molar-refractivity contribution in [2.45, 2.75) is 12.6 Å². The quantitative estimate of drug-likeness (QED) is 0.415. The number of rotatable bonds is 6. The lowest BCUT2D eigenvalue weighted by molar-refractivity contribution is -0.141. The van der Waals surface area contributed by atoms with Crippen molar-refractivity contribution in [3.8, 4) is 0 Å². The first kappa shape index (κ1) is 28.4. The molecule has 4 rings (SSSR count). The van der Waals surface area contributed by atoms with Crippen LogP contribution in [0.3, 0.4) is 0 Å². The molecule has 196 valence electrons. The molecule has 0 aliphatic carbocycles. The average Bonchev–Trinajstić information content (AvgIpc) is 3.18. The first-order valence-electron chi connectivity index (χ1n) is 10.7. The van der Waals surface area contributed by atoms with Gasteiger partial charge in [-0.3, -0.25) is 9.59 Å². The van der Waals surface area contributed by atoms with Gasteiger partial charge in [-0.15, -0.1) is 12.4 Å². The number of carbonyl (C=O) groups is 2. The van der Waals surface area contributed by atoms with E-state index in [4.69, 9.17) is 23.2 Å². The first-order chi connectivity index (χ1) is 17.1. The van der Waals surface area contributed by atoms with Crippen LogP contribution >= 0.6 is 35.6 Å². The number of anilines is 1. The van der Waals surface area contributed by atoms with E-state index in [2.05, 4.69) is 15.6 Å². The summed E-state index contributed by atoms with van der Waals surface area (Å²) in [5.41, 5.74) is -0.953. The lowest BCUT2D eigenvalue weighted by Crippen LogP contribution is -2.33. The standard InChI is InChI=1S/C24H20Cl2F3N5O2.ClH/c1-33-10-3-2-6-14(33)13-30-19(35)12-18-21(24(27,28)29)32-22-17(9-5-11-34(18)22)31-23(36)20-15(25)7-4-8-16(20)26;/h2-9,11H,10,12-13H2,1H3,(H,30,35)(H,31,36);1H. The predicted molar refractivity (Wildman–Crippen MR) is 138 cm³/mol. The molecule has 2 aromatic heterocycles. The fraction of sp³-hybridized carbons (Fsp3) is 0.208. The number of halogens is 6. The molecule has 3 aromatic rings. The molecule has 0 saturated carbocycles. The third-order valence-corrected chi connectivity index (χ3v) is 6.17. The lowest BCUT2D eigenvalue weighted by atomic mass is 10.2. The van der Waals surface area contributed by atoms with Crippen LogP contribution in [0.4, 0.5) is 18.9 Å². The van der Waals surface area contributed by atoms with Gasteiger partial charge in [-0.05, 0) is 30.3 Å². The largest absolute Gasteiger partial charge is 0.435 e. The summed E-state index contributed by atoms with van der Waals surface area (Å²) in [4.78, 5) is 31.1. The van der Waals surface area contributed by atoms with Crippen LogP contribution < -0.4 is 10.6 Å². The predicted octanol–water partition coefficient (Wildman–Crippen LogP) is 5.38. The third kappa shape index (κ3) is 6.20. The van der Waals surface area contributed by atoms with E-state index in [0.717, 1.165) is 10.1 Å². The summed E-state index contributed by atoms with van der Waals surface area (Å²) in [5, 5.41) is 5.34. The van der Waals surface area contributed by atoms with Crippen LogP contribution in [-0.4, -0.2) is 46.2 Å². The number of benzene rings is 1. The van der Waals surface area contributed by atoms with Crippen molar-refractivity contribution in [1.29, 1.82) is 0 Å². The van der Waals surface area contributed by atoms with Gasteiger partial charge in [0, 0.05) is 25.5 Å². The van der Waals surface area contributed by atoms with Crippen LogP contribution in [0.15, 0.2) is 60.5 Å². The second-order valence-electron chi connectivity index (χ2n) is 7.99. The van der Waals surface area contributed by atoms with Gasteiger partial charge >= 0.3 is 6.18 Å². The minimum absolute atomic E-state index is 0. The molecule has 0 spiro atoms. The van der Waals surface area contributed by atoms with E-state index in [1.165, 1.54) is 30.5 Å². The van der Waals surface area contributed by atoms with Crippen molar-refractivity contribution in [3.05, 3.63) is 87.5 Å². The van der Waals surface area contributed by atoms with Gasteiger partial charge in [0.1, 0.15) is 0 Å². The number of hydrogen-bond acceptors (Lipinski definition) is 4. The molecule has 2 amide bonds. The first-order valence-corrected chi connectivity index (χ1v) is 11.5. The van der Waals surface area contributed by atoms with Gasteiger partial charge in [-0.25, -0.2) is 4.98 Å². The Kier molecular flexibility index (Phi) is 8.78. The summed E-state index contributed by atoms with van der Waals surface area (Å²) < 4.78 is 42.8. The van der Waals surface area contributed by atoms with E-state index in [1.54, 1.807) is 6.07 Å². The number of hydrogen-bond donors (Lipinski definition) is 2. The molecule has 3 heterocycles. The van der Waals surface area contributed by atoms with Crippen LogP contribution in [0.25, 0.3) is 5.65 Å². The molecule has 0 saturated heterocycles. The highest BCUT2D eigenvalue weighted by Gasteiger charge is 2.38. The van der Waals surface area contributed by atoms with Gasteiger partial charge in [0.25, 0.3) is 5.91 Å². The Balaban J connectivity index is 0.00000380. The number of likely N-dealkylation sites (N-methyl/N-ethyl adjacent to an activating group) is 1. The molecular weight excluding hydrogens is 554 g/mol. The van der Waals surface area contributed by atoms with Crippen LogP contribution in [0, 0.1) is 0 Å². The van der Waals surface area contributed by atoms with E-state index in [1.807, 2.05) is 30.2 Å². The molecule has 37 heavy (non-hydrogen) atoms. The number of nitrogens with zero attached hydrogens (tertiary/aromatic N) is 3. The van der Waals surface area contributed by atoms with E-state index < -0.39 is 30.1 Å². The second-order valence-corrected chi connectivity index (χ2v) is 8.81. The van der Waals surface area contributed by atoms with Crippen molar-refractivity contribution < 1.29 is 22.8 Å². The maximum Gasteiger partial charge on any atom is 0.435 e. The SMILES string of the molecule is CN1CC=CC=C1CNC(=O)Cc1c(C(F)(F)F)nc2c(NC(=O)c3c(Cl)cccc3Cl)cccn12.Cl. The number of carbonyl (C=O) groups excluding carboxylic acids is 2. The zero-order valence-electron chi connectivity index (χ0n) is 19.3. The second kappa shape index (κ2) is 11.5. The van der Waals surface area contributed by atoms with Gasteiger partial charge in [0.2, 0.25) is 5.91 Å². The number of alkyl halides is 3. The number of amides is 2. The fourth-order valence-corrected chi connectivity index (χ4v) is 4.32. The summed E-state index contributed by atoms with van der Waals surface area (Å²) in [6.07, 6.45) is 1.55. The molecule has 0 bridgehead atoms. The fourth-order valence-electron chi connectivity index (χ4n) is 3.75. The number of aromatic nitrogens is 2. The summed E-state index contributed by atoms with van der Waals surface area (Å²) in [7, 11) is 1.85. The van der Waals surface area contributed by atoms with Gasteiger partial charge in [-0.2, -0.15) is 13.2 Å². The zero-order valence-corrected chi connectivity index (χ0v) is 21.6. The molecule has 0 unspecified atom stereocenters. The molecule has 1 aliphatic rings. The number of imidazole rings is 1. The molecule has 0 fully saturated rings. The molecule has 2 N–H and O–H groups in total. The molecule has 7 nitrogen and oxygen atoms in total. The summed E-state index contributed by atoms with van der Waals surface area (Å²) in [6.45, 7) is 0.832. The highest BCUT2D eigenvalue weighted by molar-refractivity contribution is 6.40. The summed E-state index contributed by atoms with van der Waals surface area (Å²) in [6, 6.07) is 7.33. The molecule has 1 aromatic carbocycles. The minimum Gasteiger partial charge on any atom is -0.373 e. The Bertz CT molecular complexity index is 1380. The van der Waals surface area contributed by atoms with Gasteiger partial charge in [0.15, 0.2) is 11.3 Å². The van der Waals surface area contributed by atoms with Crippen LogP contribution in [0.2, 0.25) is 10.0 Å². The van der Waals surface area contributed by atoms with Crippen molar-refractivity contribution in [2.75, 3.05) is 25.5 Å². The maximum absolute atomic E-state index is 13.9.